The smallest absolute Gasteiger partial charge is 0.297 e. The first-order valence-corrected chi connectivity index (χ1v) is 13.2. The fourth-order valence-corrected chi connectivity index (χ4v) is 5.61. The Balaban J connectivity index is 1.64. The maximum absolute atomic E-state index is 13.5. The normalized spacial score (nSPS) is 11.8. The van der Waals surface area contributed by atoms with Crippen molar-refractivity contribution in [1.29, 1.82) is 0 Å². The number of thiazole rings is 1. The average Bonchev–Trinajstić information content (AvgIpc) is 3.38. The van der Waals surface area contributed by atoms with Crippen LogP contribution in [0.25, 0.3) is 16.9 Å². The molecule has 0 N–H and O–H groups in total. The van der Waals surface area contributed by atoms with Crippen molar-refractivity contribution in [2.24, 2.45) is 12.0 Å². The molecule has 0 atom stereocenters. The highest BCUT2D eigenvalue weighted by molar-refractivity contribution is 9.10. The van der Waals surface area contributed by atoms with Gasteiger partial charge in [0.25, 0.3) is 5.56 Å². The molecule has 0 aliphatic rings. The quantitative estimate of drug-likeness (QED) is 0.236. The fraction of sp³-hybridized carbons (Fsp3) is 0.143. The summed E-state index contributed by atoms with van der Waals surface area (Å²) in [4.78, 5) is 19.1. The lowest BCUT2D eigenvalue weighted by Gasteiger charge is -2.11. The first-order chi connectivity index (χ1) is 17.4. The van der Waals surface area contributed by atoms with Crippen molar-refractivity contribution in [2.75, 3.05) is 0 Å². The van der Waals surface area contributed by atoms with Gasteiger partial charge in [0.2, 0.25) is 0 Å². The maximum Gasteiger partial charge on any atom is 0.297 e. The standard InChI is InChI=1S/C28H24BrFN4OS/c1-19-26(27(35)34(32(19)2)22-8-4-3-5-9-22)31-28-33(17-16-20-12-14-21(30)15-13-20)25(18-36-28)23-10-6-7-11-24(23)29/h3-15,18H,16-17H2,1-2H3. The number of aryl methyl sites for hydroxylation is 1. The highest BCUT2D eigenvalue weighted by Gasteiger charge is 2.17. The summed E-state index contributed by atoms with van der Waals surface area (Å²) in [5, 5.41) is 2.07. The molecule has 2 aromatic heterocycles. The van der Waals surface area contributed by atoms with Crippen LogP contribution in [-0.2, 0) is 20.0 Å². The van der Waals surface area contributed by atoms with Gasteiger partial charge in [-0.25, -0.2) is 14.1 Å². The molecule has 0 saturated heterocycles. The summed E-state index contributed by atoms with van der Waals surface area (Å²) < 4.78 is 20.0. The van der Waals surface area contributed by atoms with Crippen molar-refractivity contribution < 1.29 is 4.39 Å². The number of halogens is 2. The van der Waals surface area contributed by atoms with Gasteiger partial charge < -0.3 is 4.57 Å². The molecular formula is C28H24BrFN4OS. The zero-order valence-corrected chi connectivity index (χ0v) is 22.3. The Morgan fingerprint density at radius 3 is 2.39 bits per heavy atom. The van der Waals surface area contributed by atoms with Crippen LogP contribution in [0.15, 0.2) is 98.5 Å². The van der Waals surface area contributed by atoms with Gasteiger partial charge in [0, 0.05) is 29.0 Å². The molecule has 0 aliphatic heterocycles. The molecule has 3 aromatic carbocycles. The van der Waals surface area contributed by atoms with Crippen molar-refractivity contribution in [3.63, 3.8) is 0 Å². The van der Waals surface area contributed by atoms with Crippen molar-refractivity contribution in [3.8, 4) is 16.9 Å². The van der Waals surface area contributed by atoms with Gasteiger partial charge in [-0.1, -0.05) is 64.5 Å². The zero-order valence-electron chi connectivity index (χ0n) is 19.9. The lowest BCUT2D eigenvalue weighted by Crippen LogP contribution is -2.20. The summed E-state index contributed by atoms with van der Waals surface area (Å²) in [5.74, 6) is -0.249. The van der Waals surface area contributed by atoms with Crippen molar-refractivity contribution in [3.05, 3.63) is 121 Å². The molecule has 0 radical (unpaired) electrons. The summed E-state index contributed by atoms with van der Waals surface area (Å²) in [7, 11) is 1.87. The Morgan fingerprint density at radius 1 is 0.972 bits per heavy atom. The number of hydrogen-bond acceptors (Lipinski definition) is 3. The van der Waals surface area contributed by atoms with Crippen molar-refractivity contribution >= 4 is 33.0 Å². The van der Waals surface area contributed by atoms with Crippen LogP contribution in [0, 0.1) is 12.7 Å². The van der Waals surface area contributed by atoms with Gasteiger partial charge in [-0.3, -0.25) is 9.48 Å². The Labute approximate surface area is 220 Å². The van der Waals surface area contributed by atoms with Gasteiger partial charge in [-0.05, 0) is 49.2 Å². The number of aromatic nitrogens is 3. The Hall–Kier alpha value is -3.49. The first kappa shape index (κ1) is 24.2. The molecule has 5 aromatic rings. The number of nitrogens with zero attached hydrogens (tertiary/aromatic N) is 4. The van der Waals surface area contributed by atoms with Gasteiger partial charge >= 0.3 is 0 Å². The largest absolute Gasteiger partial charge is 0.316 e. The van der Waals surface area contributed by atoms with Crippen LogP contribution < -0.4 is 10.4 Å². The molecule has 0 aliphatic carbocycles. The maximum atomic E-state index is 13.5. The lowest BCUT2D eigenvalue weighted by atomic mass is 10.1. The molecule has 0 saturated carbocycles. The van der Waals surface area contributed by atoms with Crippen LogP contribution in [0.2, 0.25) is 0 Å². The highest BCUT2D eigenvalue weighted by atomic mass is 79.9. The van der Waals surface area contributed by atoms with Gasteiger partial charge in [0.05, 0.1) is 17.1 Å². The van der Waals surface area contributed by atoms with E-state index in [1.54, 1.807) is 16.8 Å². The van der Waals surface area contributed by atoms with Crippen LogP contribution in [0.4, 0.5) is 10.1 Å². The fourth-order valence-electron chi connectivity index (χ4n) is 4.19. The van der Waals surface area contributed by atoms with E-state index in [1.807, 2.05) is 67.2 Å². The molecule has 36 heavy (non-hydrogen) atoms. The van der Waals surface area contributed by atoms with Crippen LogP contribution in [-0.4, -0.2) is 13.9 Å². The minimum Gasteiger partial charge on any atom is -0.316 e. The molecule has 0 amide bonds. The van der Waals surface area contributed by atoms with Gasteiger partial charge in [0.1, 0.15) is 5.82 Å². The number of benzene rings is 3. The second-order valence-electron chi connectivity index (χ2n) is 8.43. The van der Waals surface area contributed by atoms with E-state index in [4.69, 9.17) is 4.99 Å². The topological polar surface area (TPSA) is 44.2 Å². The van der Waals surface area contributed by atoms with Gasteiger partial charge in [-0.2, -0.15) is 0 Å². The summed E-state index contributed by atoms with van der Waals surface area (Å²) in [6.07, 6.45) is 0.698. The summed E-state index contributed by atoms with van der Waals surface area (Å²) in [5.41, 5.74) is 4.90. The molecule has 0 spiro atoms. The monoisotopic (exact) mass is 562 g/mol. The van der Waals surface area contributed by atoms with Crippen molar-refractivity contribution in [1.82, 2.24) is 13.9 Å². The Kier molecular flexibility index (Phi) is 6.89. The molecule has 0 unspecified atom stereocenters. The second kappa shape index (κ2) is 10.2. The van der Waals surface area contributed by atoms with E-state index in [-0.39, 0.29) is 11.4 Å². The Morgan fingerprint density at radius 2 is 1.67 bits per heavy atom. The first-order valence-electron chi connectivity index (χ1n) is 11.5. The molecule has 8 heteroatoms. The van der Waals surface area contributed by atoms with E-state index in [0.717, 1.165) is 37.5 Å². The number of rotatable bonds is 6. The molecule has 5 nitrogen and oxygen atoms in total. The van der Waals surface area contributed by atoms with E-state index < -0.39 is 0 Å². The molecule has 5 rings (SSSR count). The lowest BCUT2D eigenvalue weighted by molar-refractivity contribution is 0.625. The number of para-hydroxylation sites is 1. The third-order valence-corrected chi connectivity index (χ3v) is 7.77. The minimum atomic E-state index is -0.249. The predicted molar refractivity (Wildman–Crippen MR) is 147 cm³/mol. The third-order valence-electron chi connectivity index (χ3n) is 6.22. The summed E-state index contributed by atoms with van der Waals surface area (Å²) >= 11 is 5.17. The highest BCUT2D eigenvalue weighted by Crippen LogP contribution is 2.29. The molecular weight excluding hydrogens is 539 g/mol. The third kappa shape index (κ3) is 4.66. The van der Waals surface area contributed by atoms with Crippen LogP contribution in [0.5, 0.6) is 0 Å². The second-order valence-corrected chi connectivity index (χ2v) is 10.1. The van der Waals surface area contributed by atoms with E-state index in [1.165, 1.54) is 23.5 Å². The average molecular weight is 563 g/mol. The molecule has 0 fully saturated rings. The van der Waals surface area contributed by atoms with Crippen LogP contribution in [0.3, 0.4) is 0 Å². The van der Waals surface area contributed by atoms with Crippen molar-refractivity contribution in [2.45, 2.75) is 19.9 Å². The van der Waals surface area contributed by atoms with Crippen LogP contribution >= 0.6 is 27.3 Å². The SMILES string of the molecule is Cc1c(N=c2scc(-c3ccccc3Br)n2CCc2ccc(F)cc2)c(=O)n(-c2ccccc2)n1C. The summed E-state index contributed by atoms with van der Waals surface area (Å²) in [6.45, 7) is 2.54. The summed E-state index contributed by atoms with van der Waals surface area (Å²) in [6, 6.07) is 24.2. The predicted octanol–water partition coefficient (Wildman–Crippen LogP) is 6.39. The van der Waals surface area contributed by atoms with E-state index in [0.29, 0.717) is 18.7 Å². The van der Waals surface area contributed by atoms with Crippen LogP contribution in [0.1, 0.15) is 11.3 Å². The zero-order chi connectivity index (χ0) is 25.2. The molecule has 0 bridgehead atoms. The van der Waals surface area contributed by atoms with Gasteiger partial charge in [0.15, 0.2) is 10.5 Å². The van der Waals surface area contributed by atoms with Gasteiger partial charge in [-0.15, -0.1) is 11.3 Å². The minimum absolute atomic E-state index is 0.165. The molecule has 182 valence electrons. The number of hydrogen-bond donors (Lipinski definition) is 0. The van der Waals surface area contributed by atoms with E-state index >= 15 is 0 Å². The Bertz CT molecular complexity index is 1650. The van der Waals surface area contributed by atoms with E-state index in [2.05, 4.69) is 31.9 Å². The van der Waals surface area contributed by atoms with E-state index in [9.17, 15) is 9.18 Å². The molecule has 2 heterocycles.